The number of nitrogen functional groups attached to an aromatic ring is 1. The number of aryl methyl sites for hydroxylation is 1. The summed E-state index contributed by atoms with van der Waals surface area (Å²) in [6.45, 7) is 1.47. The molecule has 0 atom stereocenters. The first-order chi connectivity index (χ1) is 4.61. The largest absolute Gasteiger partial charge is 0.502 e. The van der Waals surface area contributed by atoms with E-state index >= 15 is 0 Å². The van der Waals surface area contributed by atoms with E-state index in [1.807, 2.05) is 0 Å². The molecule has 4 heteroatoms. The van der Waals surface area contributed by atoms with Crippen LogP contribution in [0.5, 0.6) is 5.75 Å². The molecule has 0 aliphatic carbocycles. The SMILES string of the molecule is Cc1oc(N)cc(=O)c1O. The van der Waals surface area contributed by atoms with Gasteiger partial charge in [-0.3, -0.25) is 4.79 Å². The lowest BCUT2D eigenvalue weighted by Gasteiger charge is -1.96. The average Bonchev–Trinajstić information content (AvgIpc) is 1.82. The van der Waals surface area contributed by atoms with Gasteiger partial charge in [0.1, 0.15) is 5.76 Å². The van der Waals surface area contributed by atoms with Gasteiger partial charge in [-0.25, -0.2) is 0 Å². The summed E-state index contributed by atoms with van der Waals surface area (Å²) >= 11 is 0. The highest BCUT2D eigenvalue weighted by Gasteiger charge is 2.03. The molecule has 10 heavy (non-hydrogen) atoms. The van der Waals surface area contributed by atoms with Gasteiger partial charge in [0.25, 0.3) is 0 Å². The normalized spacial score (nSPS) is 9.70. The second-order valence-electron chi connectivity index (χ2n) is 1.92. The average molecular weight is 141 g/mol. The fourth-order valence-electron chi connectivity index (χ4n) is 0.626. The van der Waals surface area contributed by atoms with Crippen molar-refractivity contribution in [1.29, 1.82) is 0 Å². The molecule has 0 radical (unpaired) electrons. The summed E-state index contributed by atoms with van der Waals surface area (Å²) in [7, 11) is 0. The van der Waals surface area contributed by atoms with Crippen molar-refractivity contribution in [3.05, 3.63) is 22.0 Å². The molecule has 1 aromatic heterocycles. The summed E-state index contributed by atoms with van der Waals surface area (Å²) in [6.07, 6.45) is 0. The van der Waals surface area contributed by atoms with Gasteiger partial charge in [-0.1, -0.05) is 0 Å². The van der Waals surface area contributed by atoms with E-state index in [-0.39, 0.29) is 17.4 Å². The fraction of sp³-hybridized carbons (Fsp3) is 0.167. The maximum Gasteiger partial charge on any atom is 0.228 e. The van der Waals surface area contributed by atoms with Gasteiger partial charge in [0.05, 0.1) is 0 Å². The van der Waals surface area contributed by atoms with Gasteiger partial charge in [-0.15, -0.1) is 0 Å². The van der Waals surface area contributed by atoms with Crippen molar-refractivity contribution in [3.8, 4) is 5.75 Å². The Hall–Kier alpha value is -1.45. The summed E-state index contributed by atoms with van der Waals surface area (Å²) in [5, 5.41) is 8.87. The van der Waals surface area contributed by atoms with E-state index in [2.05, 4.69) is 0 Å². The van der Waals surface area contributed by atoms with Crippen molar-refractivity contribution >= 4 is 5.88 Å². The minimum Gasteiger partial charge on any atom is -0.502 e. The van der Waals surface area contributed by atoms with Crippen molar-refractivity contribution in [2.75, 3.05) is 5.73 Å². The standard InChI is InChI=1S/C6H7NO3/c1-3-6(9)4(8)2-5(7)10-3/h2,9H,7H2,1H3. The van der Waals surface area contributed by atoms with Crippen molar-refractivity contribution < 1.29 is 9.52 Å². The van der Waals surface area contributed by atoms with Crippen molar-refractivity contribution in [1.82, 2.24) is 0 Å². The van der Waals surface area contributed by atoms with Crippen LogP contribution < -0.4 is 11.2 Å². The summed E-state index contributed by atoms with van der Waals surface area (Å²) in [6, 6.07) is 1.03. The van der Waals surface area contributed by atoms with Crippen LogP contribution in [0.15, 0.2) is 15.3 Å². The molecular weight excluding hydrogens is 134 g/mol. The fourth-order valence-corrected chi connectivity index (χ4v) is 0.626. The van der Waals surface area contributed by atoms with E-state index in [4.69, 9.17) is 15.3 Å². The highest BCUT2D eigenvalue weighted by molar-refractivity contribution is 5.31. The molecule has 1 aromatic rings. The molecule has 0 aliphatic rings. The predicted molar refractivity (Wildman–Crippen MR) is 35.8 cm³/mol. The van der Waals surface area contributed by atoms with Gasteiger partial charge in [0.2, 0.25) is 11.2 Å². The first-order valence-corrected chi connectivity index (χ1v) is 2.70. The lowest BCUT2D eigenvalue weighted by molar-refractivity contribution is 0.418. The Balaban J connectivity index is 3.46. The number of aromatic hydroxyl groups is 1. The van der Waals surface area contributed by atoms with Crippen LogP contribution in [0.3, 0.4) is 0 Å². The number of anilines is 1. The van der Waals surface area contributed by atoms with Gasteiger partial charge < -0.3 is 15.3 Å². The maximum absolute atomic E-state index is 10.7. The second-order valence-corrected chi connectivity index (χ2v) is 1.92. The molecule has 0 bridgehead atoms. The number of hydrogen-bond donors (Lipinski definition) is 2. The highest BCUT2D eigenvalue weighted by atomic mass is 16.4. The summed E-state index contributed by atoms with van der Waals surface area (Å²) in [5.74, 6) is -0.223. The Kier molecular flexibility index (Phi) is 1.37. The molecule has 0 fully saturated rings. The third-order valence-corrected chi connectivity index (χ3v) is 1.11. The van der Waals surface area contributed by atoms with Crippen LogP contribution in [0, 0.1) is 6.92 Å². The van der Waals surface area contributed by atoms with Gasteiger partial charge in [-0.2, -0.15) is 0 Å². The van der Waals surface area contributed by atoms with E-state index in [9.17, 15) is 4.79 Å². The summed E-state index contributed by atoms with van der Waals surface area (Å²) < 4.78 is 4.72. The van der Waals surface area contributed by atoms with Gasteiger partial charge >= 0.3 is 0 Å². The molecule has 0 saturated heterocycles. The molecule has 0 saturated carbocycles. The van der Waals surface area contributed by atoms with E-state index < -0.39 is 5.43 Å². The zero-order valence-corrected chi connectivity index (χ0v) is 5.42. The monoisotopic (exact) mass is 141 g/mol. The smallest absolute Gasteiger partial charge is 0.228 e. The zero-order chi connectivity index (χ0) is 7.72. The molecule has 0 aliphatic heterocycles. The van der Waals surface area contributed by atoms with E-state index in [1.165, 1.54) is 6.92 Å². The minimum atomic E-state index is -0.513. The Labute approximate surface area is 56.9 Å². The van der Waals surface area contributed by atoms with Crippen LogP contribution >= 0.6 is 0 Å². The van der Waals surface area contributed by atoms with Crippen LogP contribution in [-0.2, 0) is 0 Å². The summed E-state index contributed by atoms with van der Waals surface area (Å²) in [4.78, 5) is 10.7. The van der Waals surface area contributed by atoms with Crippen molar-refractivity contribution in [2.45, 2.75) is 6.92 Å². The van der Waals surface area contributed by atoms with Gasteiger partial charge in [0, 0.05) is 6.07 Å². The van der Waals surface area contributed by atoms with Crippen molar-refractivity contribution in [2.24, 2.45) is 0 Å². The topological polar surface area (TPSA) is 76.5 Å². The molecular formula is C6H7NO3. The van der Waals surface area contributed by atoms with Crippen LogP contribution in [0.2, 0.25) is 0 Å². The molecule has 3 N–H and O–H groups in total. The van der Waals surface area contributed by atoms with E-state index in [1.54, 1.807) is 0 Å². The Morgan fingerprint density at radius 2 is 2.30 bits per heavy atom. The first-order valence-electron chi connectivity index (χ1n) is 2.70. The maximum atomic E-state index is 10.7. The Morgan fingerprint density at radius 1 is 1.70 bits per heavy atom. The Bertz CT molecular complexity index is 302. The number of nitrogens with two attached hydrogens (primary N) is 1. The molecule has 0 unspecified atom stereocenters. The molecule has 0 amide bonds. The van der Waals surface area contributed by atoms with Crippen LogP contribution in [0.4, 0.5) is 5.88 Å². The second kappa shape index (κ2) is 2.06. The molecule has 1 rings (SSSR count). The van der Waals surface area contributed by atoms with Crippen molar-refractivity contribution in [3.63, 3.8) is 0 Å². The molecule has 54 valence electrons. The third kappa shape index (κ3) is 0.953. The molecule has 0 aromatic carbocycles. The quantitative estimate of drug-likeness (QED) is 0.542. The van der Waals surface area contributed by atoms with Gasteiger partial charge in [-0.05, 0) is 6.92 Å². The first kappa shape index (κ1) is 6.67. The van der Waals surface area contributed by atoms with Crippen LogP contribution in [0.25, 0.3) is 0 Å². The third-order valence-electron chi connectivity index (χ3n) is 1.11. The highest BCUT2D eigenvalue weighted by Crippen LogP contribution is 2.11. The lowest BCUT2D eigenvalue weighted by atomic mass is 10.4. The minimum absolute atomic E-state index is 0.0142. The summed E-state index contributed by atoms with van der Waals surface area (Å²) in [5.41, 5.74) is 4.64. The zero-order valence-electron chi connectivity index (χ0n) is 5.42. The molecule has 1 heterocycles. The predicted octanol–water partition coefficient (Wildman–Crippen LogP) is 0.236. The molecule has 4 nitrogen and oxygen atoms in total. The Morgan fingerprint density at radius 3 is 2.80 bits per heavy atom. The lowest BCUT2D eigenvalue weighted by Crippen LogP contribution is -2.02. The van der Waals surface area contributed by atoms with E-state index in [0.29, 0.717) is 0 Å². The van der Waals surface area contributed by atoms with Gasteiger partial charge in [0.15, 0.2) is 5.88 Å². The molecule has 0 spiro atoms. The number of rotatable bonds is 0. The van der Waals surface area contributed by atoms with Crippen LogP contribution in [0.1, 0.15) is 5.76 Å². The van der Waals surface area contributed by atoms with E-state index in [0.717, 1.165) is 6.07 Å². The van der Waals surface area contributed by atoms with Crippen LogP contribution in [-0.4, -0.2) is 5.11 Å². The number of hydrogen-bond acceptors (Lipinski definition) is 4.